The van der Waals surface area contributed by atoms with Crippen molar-refractivity contribution in [1.29, 1.82) is 0 Å². The number of alkyl halides is 3. The van der Waals surface area contributed by atoms with E-state index in [4.69, 9.17) is 14.2 Å². The van der Waals surface area contributed by atoms with E-state index < -0.39 is 41.6 Å². The minimum absolute atomic E-state index is 0.0247. The number of halogens is 3. The van der Waals surface area contributed by atoms with Crippen molar-refractivity contribution in [1.82, 2.24) is 9.97 Å². The molecule has 0 saturated carbocycles. The third-order valence-electron chi connectivity index (χ3n) is 4.99. The first kappa shape index (κ1) is 20.0. The van der Waals surface area contributed by atoms with Gasteiger partial charge in [-0.05, 0) is 33.1 Å². The van der Waals surface area contributed by atoms with Gasteiger partial charge in [0.05, 0.1) is 24.7 Å². The highest BCUT2D eigenvalue weighted by atomic mass is 19.4. The molecular weight excluding hydrogens is 367 g/mol. The SMILES string of the molecule is C[C@H]1CC(C(=O)Nc2cnc(C3COC(C)(C)O3)nc2)O[C@@]1(C)C(F)(F)F. The topological polar surface area (TPSA) is 82.6 Å². The number of nitrogens with one attached hydrogen (secondary N) is 1. The molecule has 10 heteroatoms. The molecular formula is C17H22F3N3O4. The van der Waals surface area contributed by atoms with E-state index in [1.165, 1.54) is 19.3 Å². The summed E-state index contributed by atoms with van der Waals surface area (Å²) in [4.78, 5) is 20.6. The second kappa shape index (κ2) is 6.68. The van der Waals surface area contributed by atoms with E-state index in [0.717, 1.165) is 6.92 Å². The quantitative estimate of drug-likeness (QED) is 0.856. The minimum Gasteiger partial charge on any atom is -0.352 e. The summed E-state index contributed by atoms with van der Waals surface area (Å²) in [7, 11) is 0. The monoisotopic (exact) mass is 389 g/mol. The third-order valence-corrected chi connectivity index (χ3v) is 4.99. The van der Waals surface area contributed by atoms with Crippen LogP contribution >= 0.6 is 0 Å². The van der Waals surface area contributed by atoms with Crippen LogP contribution in [0.3, 0.4) is 0 Å². The van der Waals surface area contributed by atoms with Gasteiger partial charge < -0.3 is 19.5 Å². The van der Waals surface area contributed by atoms with E-state index in [2.05, 4.69) is 15.3 Å². The number of anilines is 1. The molecule has 1 aromatic rings. The van der Waals surface area contributed by atoms with Crippen LogP contribution in [0.4, 0.5) is 18.9 Å². The summed E-state index contributed by atoms with van der Waals surface area (Å²) in [6.07, 6.45) is -3.45. The molecule has 0 aliphatic carbocycles. The smallest absolute Gasteiger partial charge is 0.352 e. The largest absolute Gasteiger partial charge is 0.417 e. The normalized spacial score (nSPS) is 33.2. The van der Waals surface area contributed by atoms with Crippen LogP contribution in [-0.4, -0.2) is 46.2 Å². The van der Waals surface area contributed by atoms with Crippen molar-refractivity contribution in [3.8, 4) is 0 Å². The number of carbonyl (C=O) groups excluding carboxylic acids is 1. The fraction of sp³-hybridized carbons (Fsp3) is 0.706. The number of ether oxygens (including phenoxy) is 3. The Morgan fingerprint density at radius 1 is 1.22 bits per heavy atom. The zero-order valence-corrected chi connectivity index (χ0v) is 15.5. The van der Waals surface area contributed by atoms with Gasteiger partial charge in [0.25, 0.3) is 5.91 Å². The number of hydrogen-bond donors (Lipinski definition) is 1. The molecule has 2 fully saturated rings. The van der Waals surface area contributed by atoms with Crippen LogP contribution in [0.1, 0.15) is 46.0 Å². The predicted molar refractivity (Wildman–Crippen MR) is 87.6 cm³/mol. The zero-order chi connectivity index (χ0) is 20.0. The van der Waals surface area contributed by atoms with Gasteiger partial charge in [-0.2, -0.15) is 13.2 Å². The molecule has 1 N–H and O–H groups in total. The lowest BCUT2D eigenvalue weighted by atomic mass is 9.89. The van der Waals surface area contributed by atoms with Crippen molar-refractivity contribution in [2.45, 2.75) is 63.9 Å². The van der Waals surface area contributed by atoms with Gasteiger partial charge in [0, 0.05) is 0 Å². The second-order valence-corrected chi connectivity index (χ2v) is 7.48. The van der Waals surface area contributed by atoms with Crippen LogP contribution in [0.2, 0.25) is 0 Å². The lowest BCUT2D eigenvalue weighted by molar-refractivity contribution is -0.272. The maximum atomic E-state index is 13.2. The summed E-state index contributed by atoms with van der Waals surface area (Å²) in [6, 6.07) is 0. The molecule has 0 radical (unpaired) electrons. The molecule has 150 valence electrons. The fourth-order valence-electron chi connectivity index (χ4n) is 3.12. The van der Waals surface area contributed by atoms with Crippen molar-refractivity contribution in [3.63, 3.8) is 0 Å². The van der Waals surface area contributed by atoms with E-state index in [-0.39, 0.29) is 12.1 Å². The molecule has 0 bridgehead atoms. The molecule has 0 spiro atoms. The summed E-state index contributed by atoms with van der Waals surface area (Å²) >= 11 is 0. The molecule has 3 rings (SSSR count). The predicted octanol–water partition coefficient (Wildman–Crippen LogP) is 2.99. The van der Waals surface area contributed by atoms with Crippen molar-refractivity contribution >= 4 is 11.6 Å². The highest BCUT2D eigenvalue weighted by Crippen LogP contribution is 2.46. The van der Waals surface area contributed by atoms with Crippen molar-refractivity contribution in [2.75, 3.05) is 11.9 Å². The van der Waals surface area contributed by atoms with E-state index in [1.54, 1.807) is 13.8 Å². The summed E-state index contributed by atoms with van der Waals surface area (Å²) in [5.41, 5.74) is -2.08. The van der Waals surface area contributed by atoms with Crippen LogP contribution in [-0.2, 0) is 19.0 Å². The Bertz CT molecular complexity index is 710. The van der Waals surface area contributed by atoms with Gasteiger partial charge in [0.15, 0.2) is 17.2 Å². The van der Waals surface area contributed by atoms with E-state index >= 15 is 0 Å². The molecule has 4 atom stereocenters. The van der Waals surface area contributed by atoms with Gasteiger partial charge in [-0.3, -0.25) is 4.79 Å². The number of nitrogens with zero attached hydrogens (tertiary/aromatic N) is 2. The molecule has 3 heterocycles. The van der Waals surface area contributed by atoms with Crippen LogP contribution < -0.4 is 5.32 Å². The second-order valence-electron chi connectivity index (χ2n) is 7.48. The number of carbonyl (C=O) groups is 1. The first-order chi connectivity index (χ1) is 12.4. The highest BCUT2D eigenvalue weighted by molar-refractivity contribution is 5.94. The number of amides is 1. The molecule has 7 nitrogen and oxygen atoms in total. The molecule has 27 heavy (non-hydrogen) atoms. The van der Waals surface area contributed by atoms with Crippen LogP contribution in [0.5, 0.6) is 0 Å². The van der Waals surface area contributed by atoms with Gasteiger partial charge in [0.2, 0.25) is 0 Å². The molecule has 2 aliphatic heterocycles. The highest BCUT2D eigenvalue weighted by Gasteiger charge is 2.61. The lowest BCUT2D eigenvalue weighted by Crippen LogP contribution is -2.47. The first-order valence-electron chi connectivity index (χ1n) is 8.60. The van der Waals surface area contributed by atoms with Gasteiger partial charge >= 0.3 is 6.18 Å². The van der Waals surface area contributed by atoms with Crippen LogP contribution in [0.15, 0.2) is 12.4 Å². The number of aromatic nitrogens is 2. The number of rotatable bonds is 3. The Kier molecular flexibility index (Phi) is 4.94. The number of hydrogen-bond acceptors (Lipinski definition) is 6. The van der Waals surface area contributed by atoms with Crippen molar-refractivity contribution in [3.05, 3.63) is 18.2 Å². The van der Waals surface area contributed by atoms with E-state index in [9.17, 15) is 18.0 Å². The van der Waals surface area contributed by atoms with Crippen LogP contribution in [0.25, 0.3) is 0 Å². The van der Waals surface area contributed by atoms with Gasteiger partial charge in [-0.25, -0.2) is 9.97 Å². The van der Waals surface area contributed by atoms with E-state index in [1.807, 2.05) is 0 Å². The zero-order valence-electron chi connectivity index (χ0n) is 15.5. The Balaban J connectivity index is 1.62. The van der Waals surface area contributed by atoms with Crippen molar-refractivity contribution in [2.24, 2.45) is 5.92 Å². The third kappa shape index (κ3) is 3.92. The Morgan fingerprint density at radius 2 is 1.85 bits per heavy atom. The Labute approximate surface area is 154 Å². The molecule has 2 saturated heterocycles. The van der Waals surface area contributed by atoms with Gasteiger partial charge in [0.1, 0.15) is 12.2 Å². The Hall–Kier alpha value is -1.78. The standard InChI is InChI=1S/C17H22F3N3O4/c1-9-5-11(27-16(9,4)17(18,19)20)14(24)23-10-6-21-13(22-7-10)12-8-25-15(2,3)26-12/h6-7,9,11-12H,5,8H2,1-4H3,(H,23,24)/t9-,11?,12?,16+/m0/s1. The maximum absolute atomic E-state index is 13.2. The molecule has 2 aliphatic rings. The molecule has 1 aromatic heterocycles. The molecule has 2 unspecified atom stereocenters. The summed E-state index contributed by atoms with van der Waals surface area (Å²) < 4.78 is 55.8. The molecule has 0 aromatic carbocycles. The summed E-state index contributed by atoms with van der Waals surface area (Å²) in [5.74, 6) is -1.82. The van der Waals surface area contributed by atoms with E-state index in [0.29, 0.717) is 12.4 Å². The van der Waals surface area contributed by atoms with Crippen LogP contribution in [0, 0.1) is 5.92 Å². The summed E-state index contributed by atoms with van der Waals surface area (Å²) in [6.45, 7) is 6.25. The van der Waals surface area contributed by atoms with Gasteiger partial charge in [-0.1, -0.05) is 6.92 Å². The first-order valence-corrected chi connectivity index (χ1v) is 8.60. The Morgan fingerprint density at radius 3 is 2.33 bits per heavy atom. The lowest BCUT2D eigenvalue weighted by Gasteiger charge is -2.30. The van der Waals surface area contributed by atoms with Gasteiger partial charge in [-0.15, -0.1) is 0 Å². The fourth-order valence-corrected chi connectivity index (χ4v) is 3.12. The summed E-state index contributed by atoms with van der Waals surface area (Å²) in [5, 5.41) is 2.50. The average Bonchev–Trinajstić information content (AvgIpc) is 3.08. The molecule has 1 amide bonds. The average molecular weight is 389 g/mol. The maximum Gasteiger partial charge on any atom is 0.417 e. The van der Waals surface area contributed by atoms with Crippen molar-refractivity contribution < 1.29 is 32.2 Å². The minimum atomic E-state index is -4.55.